The number of amides is 2. The molecule has 266 valence electrons. The minimum atomic E-state index is -4.50. The highest BCUT2D eigenvalue weighted by Crippen LogP contribution is 2.29. The molecule has 2 amide bonds. The molecule has 0 heterocycles. The van der Waals surface area contributed by atoms with E-state index >= 15 is 0 Å². The van der Waals surface area contributed by atoms with Crippen molar-refractivity contribution in [2.24, 2.45) is 4.99 Å². The number of ether oxygens (including phenoxy) is 3. The van der Waals surface area contributed by atoms with E-state index in [2.05, 4.69) is 53.2 Å². The van der Waals surface area contributed by atoms with Crippen LogP contribution in [0.1, 0.15) is 33.6 Å². The molecular formula is C25H33F10N3O8. The van der Waals surface area contributed by atoms with Crippen molar-refractivity contribution in [1.29, 1.82) is 0 Å². The summed E-state index contributed by atoms with van der Waals surface area (Å²) in [4.78, 5) is 35.5. The molecule has 0 atom stereocenters. The van der Waals surface area contributed by atoms with Crippen LogP contribution < -0.4 is 10.6 Å². The molecule has 0 radical (unpaired) electrons. The first kappa shape index (κ1) is 51.7. The van der Waals surface area contributed by atoms with Crippen molar-refractivity contribution in [1.82, 2.24) is 10.6 Å². The molecule has 11 nitrogen and oxygen atoms in total. The van der Waals surface area contributed by atoms with Gasteiger partial charge < -0.3 is 20.1 Å². The number of carbonyl (C=O) groups is 2. The van der Waals surface area contributed by atoms with E-state index < -0.39 is 62.6 Å². The van der Waals surface area contributed by atoms with Gasteiger partial charge in [0.2, 0.25) is 6.08 Å². The van der Waals surface area contributed by atoms with Gasteiger partial charge in [-0.25, -0.2) is 18.8 Å². The zero-order chi connectivity index (χ0) is 37.3. The fraction of sp³-hybridized carbons (Fsp3) is 0.640. The van der Waals surface area contributed by atoms with Crippen LogP contribution in [0.4, 0.5) is 43.9 Å². The quantitative estimate of drug-likeness (QED) is 0.0655. The predicted octanol–water partition coefficient (Wildman–Crippen LogP) is 4.05. The molecule has 0 aromatic carbocycles. The lowest BCUT2D eigenvalue weighted by Gasteiger charge is -2.21. The van der Waals surface area contributed by atoms with Gasteiger partial charge in [0.05, 0.1) is 12.7 Å². The summed E-state index contributed by atoms with van der Waals surface area (Å²) in [6, 6.07) is 2.05. The zero-order valence-electron chi connectivity index (χ0n) is 25.1. The molecule has 0 aromatic rings. The molecule has 0 saturated carbocycles. The minimum Gasteiger partial charge on any atom is -0.357 e. The Morgan fingerprint density at radius 1 is 0.913 bits per heavy atom. The summed E-state index contributed by atoms with van der Waals surface area (Å²) in [6.07, 6.45) is -10.6. The molecule has 0 saturated heterocycles. The van der Waals surface area contributed by atoms with E-state index in [0.717, 1.165) is 6.92 Å². The summed E-state index contributed by atoms with van der Waals surface area (Å²) in [5, 5.41) is 11.4. The predicted molar refractivity (Wildman–Crippen MR) is 140 cm³/mol. The van der Waals surface area contributed by atoms with E-state index in [1.165, 1.54) is 20.1 Å². The molecule has 0 spiro atoms. The molecule has 21 heteroatoms. The normalized spacial score (nSPS) is 10.1. The number of nitrogens with zero attached hydrogens (tertiary/aromatic N) is 1. The van der Waals surface area contributed by atoms with Crippen LogP contribution in [0.15, 0.2) is 4.99 Å². The van der Waals surface area contributed by atoms with Gasteiger partial charge in [-0.2, -0.15) is 35.1 Å². The lowest BCUT2D eigenvalue weighted by atomic mass is 10.4. The maximum atomic E-state index is 12.6. The van der Waals surface area contributed by atoms with E-state index in [1.54, 1.807) is 12.2 Å². The van der Waals surface area contributed by atoms with E-state index in [1.807, 2.05) is 5.92 Å². The molecule has 0 aromatic heterocycles. The van der Waals surface area contributed by atoms with Crippen LogP contribution in [-0.4, -0.2) is 94.9 Å². The summed E-state index contributed by atoms with van der Waals surface area (Å²) in [5.74, 6) is 6.28. The van der Waals surface area contributed by atoms with Crippen LogP contribution in [0.25, 0.3) is 0 Å². The van der Waals surface area contributed by atoms with Crippen molar-refractivity contribution >= 4 is 17.9 Å². The van der Waals surface area contributed by atoms with Gasteiger partial charge in [-0.05, 0) is 25.2 Å². The van der Waals surface area contributed by atoms with Gasteiger partial charge in [0.15, 0.2) is 13.3 Å². The average Bonchev–Trinajstić information content (AvgIpc) is 3.00. The molecule has 0 unspecified atom stereocenters. The number of terminal acetylenes is 1. The molecule has 0 aliphatic rings. The van der Waals surface area contributed by atoms with Crippen LogP contribution in [0.2, 0.25) is 0 Å². The van der Waals surface area contributed by atoms with Crippen LogP contribution >= 0.6 is 0 Å². The van der Waals surface area contributed by atoms with Crippen LogP contribution in [0.3, 0.4) is 0 Å². The van der Waals surface area contributed by atoms with Crippen molar-refractivity contribution in [3.05, 3.63) is 0 Å². The second-order valence-corrected chi connectivity index (χ2v) is 6.84. The highest BCUT2D eigenvalue weighted by atomic mass is 19.3. The average molecular weight is 694 g/mol. The van der Waals surface area contributed by atoms with Gasteiger partial charge in [0, 0.05) is 39.0 Å². The second-order valence-electron chi connectivity index (χ2n) is 6.84. The summed E-state index contributed by atoms with van der Waals surface area (Å²) in [5.41, 5.74) is 0. The van der Waals surface area contributed by atoms with Crippen molar-refractivity contribution in [2.45, 2.75) is 58.0 Å². The van der Waals surface area contributed by atoms with Gasteiger partial charge in [-0.15, -0.1) is 11.4 Å². The van der Waals surface area contributed by atoms with Crippen LogP contribution in [0, 0.1) is 36.1 Å². The molecule has 0 aliphatic carbocycles. The molecule has 0 rings (SSSR count). The van der Waals surface area contributed by atoms with Gasteiger partial charge >= 0.3 is 30.3 Å². The Balaban J connectivity index is -0.000000162. The van der Waals surface area contributed by atoms with Gasteiger partial charge in [0.1, 0.15) is 6.61 Å². The second kappa shape index (κ2) is 31.1. The summed E-state index contributed by atoms with van der Waals surface area (Å²) in [7, 11) is 2.03. The molecule has 0 aliphatic heterocycles. The Labute approximate surface area is 258 Å². The van der Waals surface area contributed by atoms with E-state index in [9.17, 15) is 58.3 Å². The number of carbonyl (C=O) groups excluding carboxylic acids is 3. The third-order valence-electron chi connectivity index (χ3n) is 3.22. The number of hydrogen-bond acceptors (Lipinski definition) is 9. The smallest absolute Gasteiger partial charge is 0.357 e. The van der Waals surface area contributed by atoms with Gasteiger partial charge in [-0.3, -0.25) is 19.2 Å². The van der Waals surface area contributed by atoms with Gasteiger partial charge in [0.25, 0.3) is 5.91 Å². The number of methoxy groups -OCH3 is 1. The zero-order valence-corrected chi connectivity index (χ0v) is 25.1. The maximum Gasteiger partial charge on any atom is 0.440 e. The highest BCUT2D eigenvalue weighted by molar-refractivity contribution is 5.81. The van der Waals surface area contributed by atoms with Crippen molar-refractivity contribution in [3.8, 4) is 36.1 Å². The Bertz CT molecular complexity index is 1020. The third-order valence-corrected chi connectivity index (χ3v) is 3.22. The van der Waals surface area contributed by atoms with Crippen molar-refractivity contribution < 1.29 is 82.6 Å². The number of halogens is 10. The number of nitrogens with one attached hydrogen (secondary N) is 2. The first-order valence-electron chi connectivity index (χ1n) is 12.0. The summed E-state index contributed by atoms with van der Waals surface area (Å²) >= 11 is 0. The third kappa shape index (κ3) is 40.1. The number of likely N-dealkylation sites (N-methyl/N-ethyl adjacent to an activating group) is 1. The fourth-order valence-corrected chi connectivity index (χ4v) is 1.15. The molecule has 0 bridgehead atoms. The standard InChI is InChI=1S/C7H11F4NO2.C7HNO.C5H8F4O4.C3H6FNO.C3H7F/c1-3-6(8,9)14-7(10,11)5(13)12-4-2;1-2-3-4-5-6-8-7-9;1-11-4(6,7)2-12-5(8,9)3-13-10;1-5-3(6)2-4;1-2-3-4/h3-4H2,1-2H3,(H,12,13);1H;10H,2-3H2,1H3;2H2,1H3,(H,5,6);2-3H2,1H3. The van der Waals surface area contributed by atoms with Crippen molar-refractivity contribution in [2.75, 3.05) is 47.3 Å². The minimum absolute atomic E-state index is 0.0878. The number of rotatable bonds is 13. The van der Waals surface area contributed by atoms with Crippen molar-refractivity contribution in [3.63, 3.8) is 0 Å². The molecule has 0 fully saturated rings. The van der Waals surface area contributed by atoms with Crippen LogP contribution in [0.5, 0.6) is 0 Å². The summed E-state index contributed by atoms with van der Waals surface area (Å²) < 4.78 is 130. The SMILES string of the molecule is C#CC#CC#CN=C=O.CCCF.CCNC(=O)C(F)(F)OC(F)(F)CC.CNC(=O)CF.COC(F)(F)COC(F)(F)COO. The molecular weight excluding hydrogens is 660 g/mol. The number of hydrogen-bond donors (Lipinski definition) is 3. The number of aliphatic imine (C=N–C) groups is 1. The lowest BCUT2D eigenvalue weighted by molar-refractivity contribution is -0.365. The van der Waals surface area contributed by atoms with Gasteiger partial charge in [-0.1, -0.05) is 13.8 Å². The first-order valence-corrected chi connectivity index (χ1v) is 12.0. The fourth-order valence-electron chi connectivity index (χ4n) is 1.15. The van der Waals surface area contributed by atoms with E-state index in [4.69, 9.17) is 11.7 Å². The van der Waals surface area contributed by atoms with Crippen LogP contribution in [-0.2, 0) is 33.5 Å². The maximum absolute atomic E-state index is 12.6. The Morgan fingerprint density at radius 3 is 1.78 bits per heavy atom. The molecule has 3 N–H and O–H groups in total. The largest absolute Gasteiger partial charge is 0.440 e. The highest BCUT2D eigenvalue weighted by Gasteiger charge is 2.48. The number of alkyl halides is 10. The summed E-state index contributed by atoms with van der Waals surface area (Å²) in [6.45, 7) is -0.182. The Morgan fingerprint density at radius 2 is 1.46 bits per heavy atom. The lowest BCUT2D eigenvalue weighted by Crippen LogP contribution is -2.45. The molecule has 46 heavy (non-hydrogen) atoms. The monoisotopic (exact) mass is 693 g/mol. The topological polar surface area (TPSA) is 145 Å². The Hall–Kier alpha value is -3.90. The number of isocyanates is 1. The van der Waals surface area contributed by atoms with E-state index in [-0.39, 0.29) is 13.2 Å². The first-order chi connectivity index (χ1) is 21.2. The van der Waals surface area contributed by atoms with E-state index in [0.29, 0.717) is 13.5 Å². The Kier molecular flexibility index (Phi) is 34.9.